The predicted molar refractivity (Wildman–Crippen MR) is 88.8 cm³/mol. The first-order valence-corrected chi connectivity index (χ1v) is 8.73. The van der Waals surface area contributed by atoms with Crippen LogP contribution in [0.4, 0.5) is 0 Å². The van der Waals surface area contributed by atoms with Gasteiger partial charge in [-0.05, 0) is 38.1 Å². The number of rotatable bonds is 4. The van der Waals surface area contributed by atoms with Crippen LogP contribution < -0.4 is 10.1 Å². The lowest BCUT2D eigenvalue weighted by molar-refractivity contribution is 0.291. The van der Waals surface area contributed by atoms with E-state index in [0.29, 0.717) is 18.8 Å². The molecule has 0 amide bonds. The van der Waals surface area contributed by atoms with Crippen molar-refractivity contribution in [2.75, 3.05) is 27.2 Å². The van der Waals surface area contributed by atoms with Crippen LogP contribution in [0.3, 0.4) is 0 Å². The van der Waals surface area contributed by atoms with Crippen molar-refractivity contribution >= 4 is 38.4 Å². The highest BCUT2D eigenvalue weighted by molar-refractivity contribution is 9.10. The molecule has 1 atom stereocenters. The van der Waals surface area contributed by atoms with Gasteiger partial charge >= 0.3 is 0 Å². The van der Waals surface area contributed by atoms with Gasteiger partial charge in [-0.25, -0.2) is 8.42 Å². The van der Waals surface area contributed by atoms with Gasteiger partial charge in [0, 0.05) is 23.6 Å². The Balaban J connectivity index is 0.00000220. The van der Waals surface area contributed by atoms with Crippen LogP contribution in [0.15, 0.2) is 27.6 Å². The average molecular weight is 400 g/mol. The van der Waals surface area contributed by atoms with Crippen molar-refractivity contribution in [1.29, 1.82) is 0 Å². The minimum atomic E-state index is -3.53. The normalized spacial score (nSPS) is 19.9. The number of hydrogen-bond acceptors (Lipinski definition) is 4. The van der Waals surface area contributed by atoms with Gasteiger partial charge in [-0.1, -0.05) is 15.9 Å². The molecule has 1 aliphatic rings. The summed E-state index contributed by atoms with van der Waals surface area (Å²) in [6.07, 6.45) is 1.86. The summed E-state index contributed by atoms with van der Waals surface area (Å²) in [5, 5.41) is 3.15. The topological polar surface area (TPSA) is 58.6 Å². The van der Waals surface area contributed by atoms with Gasteiger partial charge in [0.25, 0.3) is 0 Å². The van der Waals surface area contributed by atoms with Gasteiger partial charge in [0.2, 0.25) is 10.0 Å². The summed E-state index contributed by atoms with van der Waals surface area (Å²) in [5.41, 5.74) is 0. The van der Waals surface area contributed by atoms with E-state index in [2.05, 4.69) is 21.2 Å². The number of nitrogens with one attached hydrogen (secondary N) is 1. The highest BCUT2D eigenvalue weighted by atomic mass is 79.9. The molecule has 1 N–H and O–H groups in total. The van der Waals surface area contributed by atoms with Crippen molar-refractivity contribution in [2.45, 2.75) is 23.8 Å². The van der Waals surface area contributed by atoms with E-state index < -0.39 is 10.0 Å². The van der Waals surface area contributed by atoms with Gasteiger partial charge in [-0.3, -0.25) is 0 Å². The number of hydrogen-bond donors (Lipinski definition) is 1. The Labute approximate surface area is 140 Å². The number of sulfonamides is 1. The summed E-state index contributed by atoms with van der Waals surface area (Å²) in [5.74, 6) is 0.375. The van der Waals surface area contributed by atoms with Gasteiger partial charge in [-0.15, -0.1) is 12.4 Å². The molecule has 0 saturated carbocycles. The third kappa shape index (κ3) is 4.10. The molecule has 1 aromatic rings. The molecule has 120 valence electrons. The van der Waals surface area contributed by atoms with Gasteiger partial charge < -0.3 is 10.1 Å². The Morgan fingerprint density at radius 1 is 1.43 bits per heavy atom. The number of ether oxygens (including phenoxy) is 1. The first-order chi connectivity index (χ1) is 9.48. The number of benzene rings is 1. The van der Waals surface area contributed by atoms with Gasteiger partial charge in [0.05, 0.1) is 7.11 Å². The fourth-order valence-electron chi connectivity index (χ4n) is 2.39. The SMILES string of the molecule is CNC1CCCN(S(=O)(=O)c2cc(Br)ccc2OC)C1.Cl. The highest BCUT2D eigenvalue weighted by Crippen LogP contribution is 2.31. The maximum absolute atomic E-state index is 12.8. The van der Waals surface area contributed by atoms with Gasteiger partial charge in [0.15, 0.2) is 0 Å². The number of nitrogens with zero attached hydrogens (tertiary/aromatic N) is 1. The Morgan fingerprint density at radius 2 is 2.14 bits per heavy atom. The largest absolute Gasteiger partial charge is 0.495 e. The average Bonchev–Trinajstić information content (AvgIpc) is 2.47. The second-order valence-corrected chi connectivity index (χ2v) is 7.61. The smallest absolute Gasteiger partial charge is 0.246 e. The van der Waals surface area contributed by atoms with E-state index >= 15 is 0 Å². The van der Waals surface area contributed by atoms with E-state index in [0.717, 1.165) is 17.3 Å². The van der Waals surface area contributed by atoms with E-state index in [1.165, 1.54) is 11.4 Å². The maximum atomic E-state index is 12.8. The molecule has 1 saturated heterocycles. The van der Waals surface area contributed by atoms with Crippen LogP contribution in [-0.2, 0) is 10.0 Å². The molecule has 0 radical (unpaired) electrons. The molecule has 1 fully saturated rings. The van der Waals surface area contributed by atoms with E-state index in [9.17, 15) is 8.42 Å². The van der Waals surface area contributed by atoms with Gasteiger partial charge in [-0.2, -0.15) is 4.31 Å². The molecule has 8 heteroatoms. The molecule has 5 nitrogen and oxygen atoms in total. The quantitative estimate of drug-likeness (QED) is 0.843. The molecule has 1 aromatic carbocycles. The zero-order valence-corrected chi connectivity index (χ0v) is 15.2. The van der Waals surface area contributed by atoms with Crippen molar-refractivity contribution in [3.8, 4) is 5.75 Å². The summed E-state index contributed by atoms with van der Waals surface area (Å²) in [6, 6.07) is 5.23. The van der Waals surface area contributed by atoms with E-state index in [-0.39, 0.29) is 23.3 Å². The minimum absolute atomic E-state index is 0. The minimum Gasteiger partial charge on any atom is -0.495 e. The fourth-order valence-corrected chi connectivity index (χ4v) is 4.61. The molecule has 0 spiro atoms. The molecular weight excluding hydrogens is 380 g/mol. The molecule has 1 aliphatic heterocycles. The zero-order valence-electron chi connectivity index (χ0n) is 12.0. The molecule has 1 unspecified atom stereocenters. The molecule has 1 heterocycles. The van der Waals surface area contributed by atoms with Crippen molar-refractivity contribution < 1.29 is 13.2 Å². The molecule has 2 rings (SSSR count). The lowest BCUT2D eigenvalue weighted by Crippen LogP contribution is -2.46. The number of methoxy groups -OCH3 is 1. The van der Waals surface area contributed by atoms with Crippen LogP contribution in [0, 0.1) is 0 Å². The third-order valence-corrected chi connectivity index (χ3v) is 5.92. The van der Waals surface area contributed by atoms with Crippen LogP contribution in [0.5, 0.6) is 5.75 Å². The van der Waals surface area contributed by atoms with Crippen LogP contribution in [0.2, 0.25) is 0 Å². The Bertz CT molecular complexity index is 583. The van der Waals surface area contributed by atoms with Crippen molar-refractivity contribution in [3.05, 3.63) is 22.7 Å². The van der Waals surface area contributed by atoms with Crippen LogP contribution in [0.1, 0.15) is 12.8 Å². The monoisotopic (exact) mass is 398 g/mol. The van der Waals surface area contributed by atoms with Crippen LogP contribution in [0.25, 0.3) is 0 Å². The summed E-state index contributed by atoms with van der Waals surface area (Å²) >= 11 is 3.32. The number of halogens is 2. The fraction of sp³-hybridized carbons (Fsp3) is 0.538. The zero-order chi connectivity index (χ0) is 14.8. The molecule has 0 aliphatic carbocycles. The molecular formula is C13H20BrClN2O3S. The molecule has 0 aromatic heterocycles. The van der Waals surface area contributed by atoms with Crippen LogP contribution >= 0.6 is 28.3 Å². The second kappa shape index (κ2) is 7.78. The summed E-state index contributed by atoms with van der Waals surface area (Å²) in [4.78, 5) is 0.214. The maximum Gasteiger partial charge on any atom is 0.246 e. The van der Waals surface area contributed by atoms with Crippen molar-refractivity contribution in [3.63, 3.8) is 0 Å². The van der Waals surface area contributed by atoms with E-state index in [1.807, 2.05) is 7.05 Å². The second-order valence-electron chi connectivity index (χ2n) is 4.79. The summed E-state index contributed by atoms with van der Waals surface area (Å²) in [6.45, 7) is 1.05. The van der Waals surface area contributed by atoms with E-state index in [4.69, 9.17) is 4.74 Å². The highest BCUT2D eigenvalue weighted by Gasteiger charge is 2.31. The van der Waals surface area contributed by atoms with Crippen LogP contribution in [-0.4, -0.2) is 46.0 Å². The molecule has 21 heavy (non-hydrogen) atoms. The Morgan fingerprint density at radius 3 is 2.76 bits per heavy atom. The van der Waals surface area contributed by atoms with E-state index in [1.54, 1.807) is 18.2 Å². The number of likely N-dealkylation sites (N-methyl/N-ethyl adjacent to an activating group) is 1. The summed E-state index contributed by atoms with van der Waals surface area (Å²) < 4.78 is 33.0. The molecule has 0 bridgehead atoms. The van der Waals surface area contributed by atoms with Gasteiger partial charge in [0.1, 0.15) is 10.6 Å². The Kier molecular flexibility index (Phi) is 6.93. The van der Waals surface area contributed by atoms with Crippen molar-refractivity contribution in [1.82, 2.24) is 9.62 Å². The van der Waals surface area contributed by atoms with Crippen molar-refractivity contribution in [2.24, 2.45) is 0 Å². The predicted octanol–water partition coefficient (Wildman–Crippen LogP) is 2.25. The lowest BCUT2D eigenvalue weighted by Gasteiger charge is -2.32. The first-order valence-electron chi connectivity index (χ1n) is 6.50. The standard InChI is InChI=1S/C13H19BrN2O3S.ClH/c1-15-11-4-3-7-16(9-11)20(17,18)13-8-10(14)5-6-12(13)19-2;/h5-6,8,11,15H,3-4,7,9H2,1-2H3;1H. The third-order valence-electron chi connectivity index (χ3n) is 3.54. The first kappa shape index (κ1) is 18.7. The Hall–Kier alpha value is -0.340. The number of piperidine rings is 1. The summed E-state index contributed by atoms with van der Waals surface area (Å²) in [7, 11) is -0.189. The lowest BCUT2D eigenvalue weighted by atomic mass is 10.1.